The van der Waals surface area contributed by atoms with Gasteiger partial charge in [0.25, 0.3) is 5.91 Å². The summed E-state index contributed by atoms with van der Waals surface area (Å²) in [4.78, 5) is 30.6. The van der Waals surface area contributed by atoms with E-state index in [-0.39, 0.29) is 23.4 Å². The Morgan fingerprint density at radius 2 is 1.70 bits per heavy atom. The van der Waals surface area contributed by atoms with E-state index >= 15 is 4.39 Å². The number of carbonyl (C=O) groups is 1. The van der Waals surface area contributed by atoms with Gasteiger partial charge in [0.2, 0.25) is 5.95 Å². The molecule has 1 saturated carbocycles. The van der Waals surface area contributed by atoms with E-state index in [9.17, 15) is 9.90 Å². The van der Waals surface area contributed by atoms with Gasteiger partial charge in [-0.3, -0.25) is 20.0 Å². The minimum atomic E-state index is -0.719. The summed E-state index contributed by atoms with van der Waals surface area (Å²) in [5.74, 6) is -0.454. The number of para-hydroxylation sites is 1. The first-order chi connectivity index (χ1) is 24.3. The van der Waals surface area contributed by atoms with Crippen LogP contribution in [-0.4, -0.2) is 101 Å². The van der Waals surface area contributed by atoms with Crippen LogP contribution in [0.5, 0.6) is 5.75 Å². The monoisotopic (exact) mass is 681 g/mol. The lowest BCUT2D eigenvalue weighted by atomic mass is 9.71. The molecule has 2 N–H and O–H groups in total. The van der Waals surface area contributed by atoms with Crippen molar-refractivity contribution in [2.75, 3.05) is 63.6 Å². The van der Waals surface area contributed by atoms with Crippen molar-refractivity contribution in [2.45, 2.75) is 69.6 Å². The van der Waals surface area contributed by atoms with E-state index < -0.39 is 11.7 Å². The minimum absolute atomic E-state index is 0.0458. The zero-order valence-electron chi connectivity index (χ0n) is 29.2. The van der Waals surface area contributed by atoms with Gasteiger partial charge in [0.05, 0.1) is 29.8 Å². The SMILES string of the molecule is COc1ccccc1-c1nccc(C(=O)Nc2nc3ccc(N4CCC(N5CC6(CCN(C)CC6)C5)CC4)cc3n2C2CCC(O)CC2)c1F. The maximum Gasteiger partial charge on any atom is 0.261 e. The number of nitrogens with zero attached hydrogens (tertiary/aromatic N) is 6. The minimum Gasteiger partial charge on any atom is -0.496 e. The molecule has 264 valence electrons. The maximum absolute atomic E-state index is 16.0. The molecule has 50 heavy (non-hydrogen) atoms. The van der Waals surface area contributed by atoms with E-state index in [1.165, 1.54) is 58.4 Å². The highest BCUT2D eigenvalue weighted by Crippen LogP contribution is 2.43. The zero-order valence-corrected chi connectivity index (χ0v) is 29.2. The Morgan fingerprint density at radius 3 is 2.44 bits per heavy atom. The largest absolute Gasteiger partial charge is 0.496 e. The Balaban J connectivity index is 1.03. The smallest absolute Gasteiger partial charge is 0.261 e. The number of rotatable bonds is 7. The topological polar surface area (TPSA) is 99.0 Å². The second-order valence-electron chi connectivity index (χ2n) is 15.0. The molecular weight excluding hydrogens is 633 g/mol. The Bertz CT molecular complexity index is 1850. The Labute approximate surface area is 293 Å². The number of carbonyl (C=O) groups excluding carboxylic acids is 1. The quantitative estimate of drug-likeness (QED) is 0.246. The van der Waals surface area contributed by atoms with Crippen LogP contribution in [0.4, 0.5) is 16.0 Å². The molecule has 0 bridgehead atoms. The molecule has 3 saturated heterocycles. The third kappa shape index (κ3) is 6.24. The predicted molar refractivity (Wildman–Crippen MR) is 193 cm³/mol. The van der Waals surface area contributed by atoms with Crippen LogP contribution < -0.4 is 15.0 Å². The highest BCUT2D eigenvalue weighted by atomic mass is 19.1. The summed E-state index contributed by atoms with van der Waals surface area (Å²) in [6.07, 6.45) is 8.98. The molecule has 4 aromatic rings. The fourth-order valence-electron chi connectivity index (χ4n) is 8.84. The summed E-state index contributed by atoms with van der Waals surface area (Å²) < 4.78 is 23.5. The molecule has 2 aromatic heterocycles. The molecule has 0 radical (unpaired) electrons. The van der Waals surface area contributed by atoms with Crippen molar-refractivity contribution in [2.24, 2.45) is 5.41 Å². The number of aliphatic hydroxyl groups is 1. The van der Waals surface area contributed by atoms with E-state index in [2.05, 4.69) is 48.7 Å². The van der Waals surface area contributed by atoms with Crippen LogP contribution in [0.15, 0.2) is 54.7 Å². The number of aromatic nitrogens is 3. The first kappa shape index (κ1) is 33.1. The summed E-state index contributed by atoms with van der Waals surface area (Å²) in [6, 6.07) is 15.5. The van der Waals surface area contributed by atoms with Crippen LogP contribution in [0.2, 0.25) is 0 Å². The number of pyridine rings is 1. The molecule has 0 unspecified atom stereocenters. The van der Waals surface area contributed by atoms with Gasteiger partial charge in [-0.2, -0.15) is 0 Å². The molecule has 4 fully saturated rings. The standard InChI is InChI=1S/C39H48FN7O3/c1-44-21-16-39(17-22-44)24-46(25-39)26-14-19-45(20-15-26)28-9-12-32-33(23-28)47(27-7-10-29(48)11-8-27)38(42-32)43-37(49)31-13-18-41-36(35(31)40)30-5-3-4-6-34(30)50-2/h3-6,9,12-13,18,23,26-27,29,48H,7-8,10-11,14-17,19-22,24-25H2,1-2H3,(H,42,43,49). The second kappa shape index (κ2) is 13.6. The Kier molecular flexibility index (Phi) is 8.99. The van der Waals surface area contributed by atoms with E-state index in [1.54, 1.807) is 24.3 Å². The third-order valence-corrected chi connectivity index (χ3v) is 11.9. The van der Waals surface area contributed by atoms with Crippen LogP contribution in [-0.2, 0) is 0 Å². The number of ether oxygens (including phenoxy) is 1. The second-order valence-corrected chi connectivity index (χ2v) is 15.0. The molecular formula is C39H48FN7O3. The number of aliphatic hydroxyl groups excluding tert-OH is 1. The molecule has 1 aliphatic carbocycles. The zero-order chi connectivity index (χ0) is 34.4. The number of anilines is 2. The van der Waals surface area contributed by atoms with Gasteiger partial charge in [-0.05, 0) is 113 Å². The third-order valence-electron chi connectivity index (χ3n) is 11.9. The van der Waals surface area contributed by atoms with Crippen LogP contribution in [0, 0.1) is 11.2 Å². The van der Waals surface area contributed by atoms with Gasteiger partial charge >= 0.3 is 0 Å². The number of benzene rings is 2. The van der Waals surface area contributed by atoms with E-state index in [0.717, 1.165) is 55.5 Å². The molecule has 8 rings (SSSR count). The van der Waals surface area contributed by atoms with Crippen molar-refractivity contribution in [3.05, 3.63) is 66.1 Å². The molecule has 10 nitrogen and oxygen atoms in total. The van der Waals surface area contributed by atoms with E-state index in [0.29, 0.717) is 41.6 Å². The summed E-state index contributed by atoms with van der Waals surface area (Å²) in [7, 11) is 3.76. The van der Waals surface area contributed by atoms with Gasteiger partial charge in [0.15, 0.2) is 5.82 Å². The van der Waals surface area contributed by atoms with E-state index in [1.807, 2.05) is 6.07 Å². The highest BCUT2D eigenvalue weighted by Gasteiger charge is 2.46. The lowest BCUT2D eigenvalue weighted by Gasteiger charge is -2.57. The highest BCUT2D eigenvalue weighted by molar-refractivity contribution is 6.05. The number of piperidine rings is 2. The van der Waals surface area contributed by atoms with Crippen molar-refractivity contribution >= 4 is 28.6 Å². The van der Waals surface area contributed by atoms with Crippen LogP contribution in [0.1, 0.15) is 67.8 Å². The average Bonchev–Trinajstić information content (AvgIpc) is 3.48. The fraction of sp³-hybridized carbons (Fsp3) is 0.513. The molecule has 1 amide bonds. The van der Waals surface area contributed by atoms with E-state index in [4.69, 9.17) is 9.72 Å². The predicted octanol–water partition coefficient (Wildman–Crippen LogP) is 5.97. The number of methoxy groups -OCH3 is 1. The van der Waals surface area contributed by atoms with Crippen LogP contribution in [0.3, 0.4) is 0 Å². The van der Waals surface area contributed by atoms with Crippen molar-refractivity contribution in [1.82, 2.24) is 24.3 Å². The lowest BCUT2D eigenvalue weighted by molar-refractivity contribution is -0.0704. The van der Waals surface area contributed by atoms with Crippen molar-refractivity contribution in [3.63, 3.8) is 0 Å². The molecule has 0 atom stereocenters. The Hall–Kier alpha value is -4.06. The van der Waals surface area contributed by atoms with Gasteiger partial charge in [-0.1, -0.05) is 12.1 Å². The van der Waals surface area contributed by atoms with Crippen molar-refractivity contribution in [1.29, 1.82) is 0 Å². The number of hydrogen-bond donors (Lipinski definition) is 2. The number of imidazole rings is 1. The summed E-state index contributed by atoms with van der Waals surface area (Å²) in [5, 5.41) is 13.3. The first-order valence-corrected chi connectivity index (χ1v) is 18.3. The summed E-state index contributed by atoms with van der Waals surface area (Å²) in [6.45, 7) is 6.98. The number of likely N-dealkylation sites (tertiary alicyclic amines) is 2. The molecule has 4 aliphatic rings. The number of nitrogens with one attached hydrogen (secondary N) is 1. The first-order valence-electron chi connectivity index (χ1n) is 18.3. The lowest BCUT2D eigenvalue weighted by Crippen LogP contribution is -2.63. The van der Waals surface area contributed by atoms with Gasteiger partial charge in [0, 0.05) is 55.7 Å². The molecule has 11 heteroatoms. The average molecular weight is 682 g/mol. The van der Waals surface area contributed by atoms with Gasteiger partial charge in [-0.25, -0.2) is 9.37 Å². The normalized spacial score (nSPS) is 23.2. The van der Waals surface area contributed by atoms with Crippen LogP contribution in [0.25, 0.3) is 22.3 Å². The van der Waals surface area contributed by atoms with Gasteiger partial charge < -0.3 is 24.2 Å². The van der Waals surface area contributed by atoms with Gasteiger partial charge in [-0.15, -0.1) is 0 Å². The molecule has 2 aromatic carbocycles. The Morgan fingerprint density at radius 1 is 0.960 bits per heavy atom. The summed E-state index contributed by atoms with van der Waals surface area (Å²) in [5.41, 5.74) is 3.83. The number of hydrogen-bond acceptors (Lipinski definition) is 8. The number of amides is 1. The fourth-order valence-corrected chi connectivity index (χ4v) is 8.84. The van der Waals surface area contributed by atoms with Crippen molar-refractivity contribution in [3.8, 4) is 17.0 Å². The molecule has 5 heterocycles. The van der Waals surface area contributed by atoms with Gasteiger partial charge in [0.1, 0.15) is 11.4 Å². The number of halogens is 1. The summed E-state index contributed by atoms with van der Waals surface area (Å²) >= 11 is 0. The molecule has 3 aliphatic heterocycles. The maximum atomic E-state index is 16.0. The number of fused-ring (bicyclic) bond motifs is 1. The van der Waals surface area contributed by atoms with Crippen molar-refractivity contribution < 1.29 is 19.0 Å². The van der Waals surface area contributed by atoms with Crippen LogP contribution >= 0.6 is 0 Å². The molecule has 1 spiro atoms.